The van der Waals surface area contributed by atoms with Gasteiger partial charge >= 0.3 is 0 Å². The van der Waals surface area contributed by atoms with Crippen LogP contribution in [-0.4, -0.2) is 35.1 Å². The molecule has 166 valence electrons. The van der Waals surface area contributed by atoms with Crippen LogP contribution in [0.15, 0.2) is 73.2 Å². The third-order valence-corrected chi connectivity index (χ3v) is 4.70. The van der Waals surface area contributed by atoms with Gasteiger partial charge in [-0.25, -0.2) is 9.37 Å². The number of pyridine rings is 3. The summed E-state index contributed by atoms with van der Waals surface area (Å²) >= 11 is 0. The van der Waals surface area contributed by atoms with Crippen LogP contribution in [0.4, 0.5) is 21.7 Å². The van der Waals surface area contributed by atoms with Gasteiger partial charge < -0.3 is 20.1 Å². The van der Waals surface area contributed by atoms with Gasteiger partial charge in [0.2, 0.25) is 0 Å². The molecule has 2 N–H and O–H groups in total. The van der Waals surface area contributed by atoms with Crippen LogP contribution < -0.4 is 20.1 Å². The van der Waals surface area contributed by atoms with Crippen molar-refractivity contribution in [2.24, 2.45) is 0 Å². The van der Waals surface area contributed by atoms with E-state index in [0.717, 1.165) is 0 Å². The number of benzene rings is 1. The second-order valence-corrected chi connectivity index (χ2v) is 6.86. The minimum atomic E-state index is -0.367. The molecule has 0 bridgehead atoms. The molecule has 0 unspecified atom stereocenters. The maximum absolute atomic E-state index is 14.1. The quantitative estimate of drug-likeness (QED) is 0.426. The van der Waals surface area contributed by atoms with E-state index in [1.54, 1.807) is 54.7 Å². The molecule has 9 heteroatoms. The summed E-state index contributed by atoms with van der Waals surface area (Å²) in [5.74, 6) is 0.971. The number of nitrogens with one attached hydrogen (secondary N) is 2. The van der Waals surface area contributed by atoms with Crippen LogP contribution in [0.2, 0.25) is 0 Å². The van der Waals surface area contributed by atoms with Crippen molar-refractivity contribution in [2.75, 3.05) is 24.9 Å². The first-order valence-corrected chi connectivity index (χ1v) is 9.91. The van der Waals surface area contributed by atoms with Crippen LogP contribution in [0.1, 0.15) is 10.4 Å². The first-order valence-electron chi connectivity index (χ1n) is 9.91. The minimum absolute atomic E-state index is 0.318. The van der Waals surface area contributed by atoms with Crippen LogP contribution >= 0.6 is 0 Å². The van der Waals surface area contributed by atoms with Crippen LogP contribution in [0.5, 0.6) is 11.6 Å². The van der Waals surface area contributed by atoms with Gasteiger partial charge in [0, 0.05) is 29.1 Å². The predicted octanol–water partition coefficient (Wildman–Crippen LogP) is 4.69. The van der Waals surface area contributed by atoms with Gasteiger partial charge in [-0.1, -0.05) is 18.2 Å². The fraction of sp³-hybridized carbons (Fsp3) is 0.0833. The number of rotatable bonds is 7. The van der Waals surface area contributed by atoms with Gasteiger partial charge in [0.15, 0.2) is 5.75 Å². The molecular formula is C24H20FN5O3. The molecule has 0 spiro atoms. The summed E-state index contributed by atoms with van der Waals surface area (Å²) in [7, 11) is 3.02. The minimum Gasteiger partial charge on any atom is -0.491 e. The Hall–Kier alpha value is -4.53. The van der Waals surface area contributed by atoms with E-state index in [9.17, 15) is 9.18 Å². The summed E-state index contributed by atoms with van der Waals surface area (Å²) in [5.41, 5.74) is 1.76. The van der Waals surface area contributed by atoms with Gasteiger partial charge in [-0.05, 0) is 36.4 Å². The lowest BCUT2D eigenvalue weighted by molar-refractivity contribution is 0.102. The molecule has 0 saturated carbocycles. The van der Waals surface area contributed by atoms with Crippen molar-refractivity contribution in [1.82, 2.24) is 15.0 Å². The molecule has 8 nitrogen and oxygen atoms in total. The van der Waals surface area contributed by atoms with Gasteiger partial charge in [0.05, 0.1) is 26.1 Å². The van der Waals surface area contributed by atoms with E-state index < -0.39 is 0 Å². The lowest BCUT2D eigenvalue weighted by Gasteiger charge is -2.11. The summed E-state index contributed by atoms with van der Waals surface area (Å²) < 4.78 is 24.5. The Bertz CT molecular complexity index is 1300. The molecule has 0 fully saturated rings. The van der Waals surface area contributed by atoms with E-state index in [4.69, 9.17) is 9.47 Å². The molecule has 3 heterocycles. The van der Waals surface area contributed by atoms with E-state index in [2.05, 4.69) is 25.6 Å². The lowest BCUT2D eigenvalue weighted by atomic mass is 10.1. The molecule has 1 amide bonds. The van der Waals surface area contributed by atoms with Gasteiger partial charge in [-0.2, -0.15) is 4.98 Å². The van der Waals surface area contributed by atoms with E-state index >= 15 is 0 Å². The number of hydrogen-bond donors (Lipinski definition) is 2. The highest BCUT2D eigenvalue weighted by molar-refractivity contribution is 6.04. The van der Waals surface area contributed by atoms with Crippen LogP contribution in [0, 0.1) is 5.82 Å². The largest absolute Gasteiger partial charge is 0.491 e. The Balaban J connectivity index is 1.51. The Kier molecular flexibility index (Phi) is 6.40. The summed E-state index contributed by atoms with van der Waals surface area (Å²) in [6.45, 7) is 0. The summed E-state index contributed by atoms with van der Waals surface area (Å²) in [5, 5.41) is 5.81. The molecule has 0 radical (unpaired) electrons. The Morgan fingerprint density at radius 1 is 0.970 bits per heavy atom. The average Bonchev–Trinajstić information content (AvgIpc) is 2.84. The van der Waals surface area contributed by atoms with Crippen molar-refractivity contribution in [3.63, 3.8) is 0 Å². The van der Waals surface area contributed by atoms with Crippen LogP contribution in [-0.2, 0) is 0 Å². The summed E-state index contributed by atoms with van der Waals surface area (Å²) in [6, 6.07) is 14.6. The Morgan fingerprint density at radius 3 is 2.61 bits per heavy atom. The summed E-state index contributed by atoms with van der Waals surface area (Å²) in [4.78, 5) is 25.4. The zero-order valence-corrected chi connectivity index (χ0v) is 17.9. The maximum atomic E-state index is 14.1. The van der Waals surface area contributed by atoms with E-state index in [1.165, 1.54) is 32.7 Å². The van der Waals surface area contributed by atoms with Crippen LogP contribution in [0.25, 0.3) is 11.1 Å². The van der Waals surface area contributed by atoms with Crippen molar-refractivity contribution in [2.45, 2.75) is 0 Å². The van der Waals surface area contributed by atoms with E-state index in [0.29, 0.717) is 45.6 Å². The monoisotopic (exact) mass is 445 g/mol. The molecule has 4 aromatic rings. The second-order valence-electron chi connectivity index (χ2n) is 6.86. The van der Waals surface area contributed by atoms with Gasteiger partial charge in [0.1, 0.15) is 17.5 Å². The topological polar surface area (TPSA) is 98.3 Å². The van der Waals surface area contributed by atoms with Gasteiger partial charge in [0.25, 0.3) is 11.8 Å². The van der Waals surface area contributed by atoms with Crippen molar-refractivity contribution < 1.29 is 18.7 Å². The molecule has 3 aromatic heterocycles. The first-order chi connectivity index (χ1) is 16.1. The van der Waals surface area contributed by atoms with Crippen molar-refractivity contribution >= 4 is 23.2 Å². The average molecular weight is 445 g/mol. The highest BCUT2D eigenvalue weighted by Gasteiger charge is 2.12. The number of ether oxygens (including phenoxy) is 2. The standard InChI is InChI=1S/C24H20FN5O3/c1-32-20-7-8-21(30-24(20)33-2)29-22-12-15(9-10-27-22)23(31)28-17-11-16(13-26-14-17)18-5-3-4-6-19(18)25/h3-14H,1-2H3,(H,28,31)(H,27,29,30). The maximum Gasteiger partial charge on any atom is 0.258 e. The number of carbonyl (C=O) groups excluding carboxylic acids is 1. The molecule has 0 saturated heterocycles. The molecule has 4 rings (SSSR count). The molecular weight excluding hydrogens is 425 g/mol. The third kappa shape index (κ3) is 5.04. The normalized spacial score (nSPS) is 10.4. The molecule has 1 aromatic carbocycles. The number of nitrogens with zero attached hydrogens (tertiary/aromatic N) is 3. The number of methoxy groups -OCH3 is 2. The molecule has 33 heavy (non-hydrogen) atoms. The third-order valence-electron chi connectivity index (χ3n) is 4.70. The Labute approximate surface area is 189 Å². The van der Waals surface area contributed by atoms with Crippen molar-refractivity contribution in [3.05, 3.63) is 84.6 Å². The molecule has 0 aliphatic rings. The molecule has 0 aliphatic heterocycles. The predicted molar refractivity (Wildman–Crippen MR) is 122 cm³/mol. The van der Waals surface area contributed by atoms with Crippen molar-refractivity contribution in [1.29, 1.82) is 0 Å². The highest BCUT2D eigenvalue weighted by atomic mass is 19.1. The number of aromatic nitrogens is 3. The number of anilines is 3. The van der Waals surface area contributed by atoms with Crippen molar-refractivity contribution in [3.8, 4) is 22.8 Å². The summed E-state index contributed by atoms with van der Waals surface area (Å²) in [6.07, 6.45) is 4.54. The molecule has 0 aliphatic carbocycles. The zero-order chi connectivity index (χ0) is 23.2. The Morgan fingerprint density at radius 2 is 1.82 bits per heavy atom. The highest BCUT2D eigenvalue weighted by Crippen LogP contribution is 2.27. The second kappa shape index (κ2) is 9.73. The van der Waals surface area contributed by atoms with Crippen LogP contribution in [0.3, 0.4) is 0 Å². The number of amides is 1. The fourth-order valence-corrected chi connectivity index (χ4v) is 3.12. The van der Waals surface area contributed by atoms with Gasteiger partial charge in [-0.3, -0.25) is 9.78 Å². The van der Waals surface area contributed by atoms with E-state index in [1.807, 2.05) is 0 Å². The number of halogens is 1. The lowest BCUT2D eigenvalue weighted by Crippen LogP contribution is -2.12. The number of carbonyl (C=O) groups is 1. The fourth-order valence-electron chi connectivity index (χ4n) is 3.12. The number of hydrogen-bond acceptors (Lipinski definition) is 7. The zero-order valence-electron chi connectivity index (χ0n) is 17.9. The SMILES string of the molecule is COc1ccc(Nc2cc(C(=O)Nc3cncc(-c4ccccc4F)c3)ccn2)nc1OC. The first kappa shape index (κ1) is 21.7. The van der Waals surface area contributed by atoms with E-state index in [-0.39, 0.29) is 11.7 Å². The van der Waals surface area contributed by atoms with Gasteiger partial charge in [-0.15, -0.1) is 0 Å². The smallest absolute Gasteiger partial charge is 0.258 e. The molecule has 0 atom stereocenters.